The molecule has 0 unspecified atom stereocenters. The molecule has 7 heteroatoms. The van der Waals surface area contributed by atoms with Crippen molar-refractivity contribution in [2.24, 2.45) is 7.05 Å². The van der Waals surface area contributed by atoms with Crippen molar-refractivity contribution in [3.8, 4) is 0 Å². The fourth-order valence-electron chi connectivity index (χ4n) is 2.30. The Morgan fingerprint density at radius 3 is 2.19 bits per heavy atom. The molecule has 1 aromatic heterocycles. The molecule has 1 N–H and O–H groups in total. The highest BCUT2D eigenvalue weighted by molar-refractivity contribution is 7.92. The molecule has 0 fully saturated rings. The van der Waals surface area contributed by atoms with Crippen molar-refractivity contribution in [3.63, 3.8) is 0 Å². The fourth-order valence-corrected chi connectivity index (χ4v) is 3.75. The fraction of sp³-hybridized carbons (Fsp3) is 0.286. The molecule has 0 aliphatic rings. The molecule has 0 saturated heterocycles. The van der Waals surface area contributed by atoms with Crippen LogP contribution in [0.25, 0.3) is 0 Å². The Bertz CT molecular complexity index is 831. The zero-order valence-electron chi connectivity index (χ0n) is 12.3. The van der Waals surface area contributed by atoms with E-state index in [2.05, 4.69) is 9.71 Å². The molecule has 2 rings (SSSR count). The Labute approximate surface area is 123 Å². The van der Waals surface area contributed by atoms with Crippen molar-refractivity contribution in [1.82, 2.24) is 9.55 Å². The first-order chi connectivity index (χ1) is 9.70. The zero-order chi connectivity index (χ0) is 15.8. The van der Waals surface area contributed by atoms with E-state index in [0.717, 1.165) is 11.6 Å². The van der Waals surface area contributed by atoms with Crippen LogP contribution >= 0.6 is 0 Å². The lowest BCUT2D eigenvalue weighted by molar-refractivity contribution is 0.599. The quantitative estimate of drug-likeness (QED) is 0.932. The summed E-state index contributed by atoms with van der Waals surface area (Å²) in [7, 11) is -2.24. The maximum absolute atomic E-state index is 12.5. The van der Waals surface area contributed by atoms with E-state index in [1.807, 2.05) is 6.92 Å². The lowest BCUT2D eigenvalue weighted by Gasteiger charge is -2.13. The van der Waals surface area contributed by atoms with Crippen LogP contribution in [0.4, 0.5) is 5.82 Å². The molecule has 112 valence electrons. The number of nitrogens with zero attached hydrogens (tertiary/aromatic N) is 2. The molecule has 0 amide bonds. The molecule has 0 radical (unpaired) electrons. The number of rotatable bonds is 3. The third-order valence-electron chi connectivity index (χ3n) is 3.09. The summed E-state index contributed by atoms with van der Waals surface area (Å²) in [6.07, 6.45) is 1.27. The van der Waals surface area contributed by atoms with Gasteiger partial charge in [0, 0.05) is 13.1 Å². The number of aromatic nitrogens is 2. The molecule has 0 saturated carbocycles. The summed E-state index contributed by atoms with van der Waals surface area (Å²) in [6, 6.07) is 4.76. The van der Waals surface area contributed by atoms with Gasteiger partial charge in [0.1, 0.15) is 5.82 Å². The summed E-state index contributed by atoms with van der Waals surface area (Å²) in [4.78, 5) is 15.6. The number of anilines is 1. The van der Waals surface area contributed by atoms with Crippen LogP contribution in [0, 0.1) is 20.8 Å². The molecule has 6 nitrogen and oxygen atoms in total. The standard InChI is InChI=1S/C14H17N3O3S/c1-9-5-10(2)14(11(3)6-9)21(19,20)16-12-7-13(18)17(4)8-15-12/h5-8,16H,1-4H3. The van der Waals surface area contributed by atoms with Crippen LogP contribution < -0.4 is 10.3 Å². The van der Waals surface area contributed by atoms with Crippen molar-refractivity contribution in [2.45, 2.75) is 25.7 Å². The molecule has 0 atom stereocenters. The van der Waals surface area contributed by atoms with Gasteiger partial charge in [-0.25, -0.2) is 13.4 Å². The van der Waals surface area contributed by atoms with E-state index in [1.165, 1.54) is 10.9 Å². The van der Waals surface area contributed by atoms with Gasteiger partial charge in [-0.2, -0.15) is 0 Å². The van der Waals surface area contributed by atoms with E-state index in [1.54, 1.807) is 33.0 Å². The number of hydrogen-bond donors (Lipinski definition) is 1. The summed E-state index contributed by atoms with van der Waals surface area (Å²) in [5, 5.41) is 0. The lowest BCUT2D eigenvalue weighted by Crippen LogP contribution is -2.21. The van der Waals surface area contributed by atoms with Gasteiger partial charge >= 0.3 is 0 Å². The predicted molar refractivity (Wildman–Crippen MR) is 80.9 cm³/mol. The van der Waals surface area contributed by atoms with Gasteiger partial charge in [0.05, 0.1) is 11.2 Å². The second-order valence-corrected chi connectivity index (χ2v) is 6.68. The van der Waals surface area contributed by atoms with E-state index >= 15 is 0 Å². The Kier molecular flexibility index (Phi) is 3.87. The molecular formula is C14H17N3O3S. The number of aryl methyl sites for hydroxylation is 4. The van der Waals surface area contributed by atoms with Gasteiger partial charge in [-0.3, -0.25) is 9.52 Å². The number of benzene rings is 1. The SMILES string of the molecule is Cc1cc(C)c(S(=O)(=O)Nc2cc(=O)n(C)cn2)c(C)c1. The second kappa shape index (κ2) is 5.33. The minimum atomic E-state index is -3.78. The van der Waals surface area contributed by atoms with Gasteiger partial charge < -0.3 is 4.57 Å². The third kappa shape index (κ3) is 3.13. The van der Waals surface area contributed by atoms with E-state index < -0.39 is 10.0 Å². The molecule has 0 aliphatic heterocycles. The first kappa shape index (κ1) is 15.2. The normalized spacial score (nSPS) is 11.4. The molecule has 2 aromatic rings. The Hall–Kier alpha value is -2.15. The lowest BCUT2D eigenvalue weighted by atomic mass is 10.1. The topological polar surface area (TPSA) is 81.1 Å². The number of sulfonamides is 1. The third-order valence-corrected chi connectivity index (χ3v) is 4.75. The minimum absolute atomic E-state index is 0.0116. The van der Waals surface area contributed by atoms with Crippen molar-refractivity contribution >= 4 is 15.8 Å². The minimum Gasteiger partial charge on any atom is -0.302 e. The molecule has 0 aliphatic carbocycles. The summed E-state index contributed by atoms with van der Waals surface area (Å²) in [5.41, 5.74) is 1.98. The van der Waals surface area contributed by atoms with Crippen LogP contribution in [0.5, 0.6) is 0 Å². The Morgan fingerprint density at radius 1 is 1.10 bits per heavy atom. The monoisotopic (exact) mass is 307 g/mol. The Morgan fingerprint density at radius 2 is 1.67 bits per heavy atom. The molecular weight excluding hydrogens is 290 g/mol. The smallest absolute Gasteiger partial charge is 0.263 e. The summed E-state index contributed by atoms with van der Waals surface area (Å²) < 4.78 is 28.6. The van der Waals surface area contributed by atoms with Gasteiger partial charge in [-0.15, -0.1) is 0 Å². The average Bonchev–Trinajstić information content (AvgIpc) is 2.31. The second-order valence-electron chi connectivity index (χ2n) is 5.06. The Balaban J connectivity index is 2.48. The summed E-state index contributed by atoms with van der Waals surface area (Å²) in [6.45, 7) is 5.39. The van der Waals surface area contributed by atoms with Crippen LogP contribution in [0.3, 0.4) is 0 Å². The molecule has 21 heavy (non-hydrogen) atoms. The summed E-state index contributed by atoms with van der Waals surface area (Å²) in [5.74, 6) is 0.0116. The molecule has 0 bridgehead atoms. The van der Waals surface area contributed by atoms with Crippen molar-refractivity contribution in [2.75, 3.05) is 4.72 Å². The highest BCUT2D eigenvalue weighted by atomic mass is 32.2. The van der Waals surface area contributed by atoms with Crippen molar-refractivity contribution in [3.05, 3.63) is 51.6 Å². The van der Waals surface area contributed by atoms with Gasteiger partial charge in [-0.05, 0) is 31.9 Å². The first-order valence-electron chi connectivity index (χ1n) is 6.34. The van der Waals surface area contributed by atoms with Crippen molar-refractivity contribution < 1.29 is 8.42 Å². The van der Waals surface area contributed by atoms with Crippen LogP contribution in [0.15, 0.2) is 34.2 Å². The maximum Gasteiger partial charge on any atom is 0.263 e. The number of nitrogens with one attached hydrogen (secondary N) is 1. The van der Waals surface area contributed by atoms with E-state index in [-0.39, 0.29) is 16.3 Å². The first-order valence-corrected chi connectivity index (χ1v) is 7.82. The average molecular weight is 307 g/mol. The van der Waals surface area contributed by atoms with Crippen LogP contribution in [0.2, 0.25) is 0 Å². The molecule has 1 heterocycles. The molecule has 1 aromatic carbocycles. The van der Waals surface area contributed by atoms with Crippen molar-refractivity contribution in [1.29, 1.82) is 0 Å². The van der Waals surface area contributed by atoms with Gasteiger partial charge in [-0.1, -0.05) is 17.7 Å². The van der Waals surface area contributed by atoms with E-state index in [4.69, 9.17) is 0 Å². The van der Waals surface area contributed by atoms with E-state index in [0.29, 0.717) is 11.1 Å². The summed E-state index contributed by atoms with van der Waals surface area (Å²) >= 11 is 0. The van der Waals surface area contributed by atoms with Crippen LogP contribution in [-0.2, 0) is 17.1 Å². The zero-order valence-corrected chi connectivity index (χ0v) is 13.2. The molecule has 0 spiro atoms. The van der Waals surface area contributed by atoms with Gasteiger partial charge in [0.15, 0.2) is 0 Å². The van der Waals surface area contributed by atoms with Crippen LogP contribution in [-0.4, -0.2) is 18.0 Å². The van der Waals surface area contributed by atoms with Gasteiger partial charge in [0.2, 0.25) is 0 Å². The number of hydrogen-bond acceptors (Lipinski definition) is 4. The van der Waals surface area contributed by atoms with Gasteiger partial charge in [0.25, 0.3) is 15.6 Å². The predicted octanol–water partition coefficient (Wildman–Crippen LogP) is 1.51. The van der Waals surface area contributed by atoms with Crippen LogP contribution in [0.1, 0.15) is 16.7 Å². The van der Waals surface area contributed by atoms with E-state index in [9.17, 15) is 13.2 Å². The highest BCUT2D eigenvalue weighted by Crippen LogP contribution is 2.23. The maximum atomic E-state index is 12.5. The highest BCUT2D eigenvalue weighted by Gasteiger charge is 2.20. The largest absolute Gasteiger partial charge is 0.302 e.